The summed E-state index contributed by atoms with van der Waals surface area (Å²) >= 11 is 7.78. The molecule has 0 saturated carbocycles. The molecule has 0 unspecified atom stereocenters. The van der Waals surface area contributed by atoms with Crippen molar-refractivity contribution in [3.05, 3.63) is 64.2 Å². The van der Waals surface area contributed by atoms with Crippen molar-refractivity contribution >= 4 is 45.0 Å². The lowest BCUT2D eigenvalue weighted by atomic mass is 10.2. The van der Waals surface area contributed by atoms with Gasteiger partial charge in [-0.25, -0.2) is 8.42 Å². The second kappa shape index (κ2) is 9.30. The number of hydrogen-bond acceptors (Lipinski definition) is 4. The number of amides is 1. The number of carbonyl (C=O) groups excluding carboxylic acids is 1. The van der Waals surface area contributed by atoms with E-state index in [4.69, 9.17) is 11.6 Å². The highest BCUT2D eigenvalue weighted by Gasteiger charge is 2.11. The van der Waals surface area contributed by atoms with Crippen molar-refractivity contribution in [3.8, 4) is 0 Å². The van der Waals surface area contributed by atoms with Gasteiger partial charge in [0.2, 0.25) is 10.0 Å². The Balaban J connectivity index is 1.80. The molecule has 0 bridgehead atoms. The predicted octanol–water partition coefficient (Wildman–Crippen LogP) is 3.68. The molecule has 2 aromatic carbocycles. The molecule has 0 atom stereocenters. The summed E-state index contributed by atoms with van der Waals surface area (Å²) in [5.41, 5.74) is 3.14. The number of nitrogens with one attached hydrogen (secondary N) is 2. The first-order valence-corrected chi connectivity index (χ1v) is 11.4. The Hall–Kier alpha value is -1.70. The van der Waals surface area contributed by atoms with Gasteiger partial charge in [0.1, 0.15) is 0 Å². The highest BCUT2D eigenvalue weighted by Crippen LogP contribution is 2.23. The number of anilines is 1. The molecule has 1 amide bonds. The Labute approximate surface area is 163 Å². The van der Waals surface area contributed by atoms with E-state index >= 15 is 0 Å². The lowest BCUT2D eigenvalue weighted by Gasteiger charge is -2.09. The molecule has 26 heavy (non-hydrogen) atoms. The van der Waals surface area contributed by atoms with E-state index < -0.39 is 10.0 Å². The molecule has 0 aliphatic carbocycles. The maximum absolute atomic E-state index is 12.2. The van der Waals surface area contributed by atoms with Gasteiger partial charge in [-0.1, -0.05) is 41.4 Å². The third-order valence-corrected chi connectivity index (χ3v) is 5.34. The van der Waals surface area contributed by atoms with Crippen molar-refractivity contribution < 1.29 is 13.2 Å². The number of halogens is 1. The van der Waals surface area contributed by atoms with Crippen LogP contribution in [0.5, 0.6) is 0 Å². The third kappa shape index (κ3) is 6.90. The molecule has 0 fully saturated rings. The zero-order valence-corrected chi connectivity index (χ0v) is 17.0. The Morgan fingerprint density at radius 1 is 1.19 bits per heavy atom. The van der Waals surface area contributed by atoms with Gasteiger partial charge in [0.25, 0.3) is 5.91 Å². The third-order valence-electron chi connectivity index (χ3n) is 3.41. The van der Waals surface area contributed by atoms with Crippen LogP contribution in [0.1, 0.15) is 21.5 Å². The van der Waals surface area contributed by atoms with Crippen molar-refractivity contribution in [1.82, 2.24) is 5.32 Å². The fourth-order valence-electron chi connectivity index (χ4n) is 2.27. The van der Waals surface area contributed by atoms with Crippen LogP contribution in [0, 0.1) is 6.92 Å². The maximum atomic E-state index is 12.2. The van der Waals surface area contributed by atoms with Crippen LogP contribution in [0.15, 0.2) is 42.5 Å². The summed E-state index contributed by atoms with van der Waals surface area (Å²) < 4.78 is 24.8. The molecule has 2 aromatic rings. The Bertz CT molecular complexity index is 886. The predicted molar refractivity (Wildman–Crippen MR) is 110 cm³/mol. The second-order valence-corrected chi connectivity index (χ2v) is 9.13. The standard InChI is InChI=1S/C18H21ClN2O3S2/c1-13-4-3-5-14(10-13)12-25-9-8-20-18(22)15-6-7-17(16(19)11-15)21-26(2,23)24/h3-7,10-11,21H,8-9,12H2,1-2H3,(H,20,22). The second-order valence-electron chi connectivity index (χ2n) is 5.87. The van der Waals surface area contributed by atoms with Crippen LogP contribution in [-0.4, -0.2) is 32.9 Å². The van der Waals surface area contributed by atoms with Gasteiger partial charge in [-0.2, -0.15) is 11.8 Å². The van der Waals surface area contributed by atoms with Gasteiger partial charge in [0, 0.05) is 23.6 Å². The lowest BCUT2D eigenvalue weighted by molar-refractivity contribution is 0.0956. The molecule has 0 radical (unpaired) electrons. The molecule has 5 nitrogen and oxygen atoms in total. The highest BCUT2D eigenvalue weighted by molar-refractivity contribution is 7.98. The van der Waals surface area contributed by atoms with Gasteiger partial charge in [-0.3, -0.25) is 9.52 Å². The van der Waals surface area contributed by atoms with Gasteiger partial charge >= 0.3 is 0 Å². The monoisotopic (exact) mass is 412 g/mol. The van der Waals surface area contributed by atoms with E-state index in [-0.39, 0.29) is 16.6 Å². The Morgan fingerprint density at radius 2 is 1.96 bits per heavy atom. The van der Waals surface area contributed by atoms with Crippen LogP contribution in [0.3, 0.4) is 0 Å². The molecule has 0 heterocycles. The zero-order valence-electron chi connectivity index (χ0n) is 14.6. The summed E-state index contributed by atoms with van der Waals surface area (Å²) in [6, 6.07) is 12.8. The molecular weight excluding hydrogens is 392 g/mol. The van der Waals surface area contributed by atoms with Crippen molar-refractivity contribution in [3.63, 3.8) is 0 Å². The number of thioether (sulfide) groups is 1. The number of hydrogen-bond donors (Lipinski definition) is 2. The van der Waals surface area contributed by atoms with Gasteiger partial charge in [0.15, 0.2) is 0 Å². The van der Waals surface area contributed by atoms with Crippen LogP contribution in [0.25, 0.3) is 0 Å². The van der Waals surface area contributed by atoms with Crippen molar-refractivity contribution in [1.29, 1.82) is 0 Å². The SMILES string of the molecule is Cc1cccc(CSCCNC(=O)c2ccc(NS(C)(=O)=O)c(Cl)c2)c1. The van der Waals surface area contributed by atoms with Crippen LogP contribution in [0.4, 0.5) is 5.69 Å². The first-order chi connectivity index (χ1) is 12.2. The van der Waals surface area contributed by atoms with Crippen LogP contribution >= 0.6 is 23.4 Å². The van der Waals surface area contributed by atoms with Crippen LogP contribution < -0.4 is 10.0 Å². The summed E-state index contributed by atoms with van der Waals surface area (Å²) in [7, 11) is -3.42. The summed E-state index contributed by atoms with van der Waals surface area (Å²) in [4.78, 5) is 12.2. The highest BCUT2D eigenvalue weighted by atomic mass is 35.5. The molecule has 0 spiro atoms. The molecule has 2 rings (SSSR count). The van der Waals surface area contributed by atoms with Crippen molar-refractivity contribution in [2.24, 2.45) is 0 Å². The zero-order chi connectivity index (χ0) is 19.2. The maximum Gasteiger partial charge on any atom is 0.251 e. The number of benzene rings is 2. The van der Waals surface area contributed by atoms with E-state index in [0.29, 0.717) is 12.1 Å². The summed E-state index contributed by atoms with van der Waals surface area (Å²) in [6.07, 6.45) is 1.04. The quantitative estimate of drug-likeness (QED) is 0.648. The fraction of sp³-hybridized carbons (Fsp3) is 0.278. The summed E-state index contributed by atoms with van der Waals surface area (Å²) in [5, 5.41) is 3.01. The average molecular weight is 413 g/mol. The summed E-state index contributed by atoms with van der Waals surface area (Å²) in [5.74, 6) is 1.45. The van der Waals surface area contributed by atoms with E-state index in [1.807, 2.05) is 6.07 Å². The molecular formula is C18H21ClN2O3S2. The van der Waals surface area contributed by atoms with Gasteiger partial charge in [0.05, 0.1) is 17.0 Å². The lowest BCUT2D eigenvalue weighted by Crippen LogP contribution is -2.25. The smallest absolute Gasteiger partial charge is 0.251 e. The molecule has 0 aliphatic heterocycles. The number of rotatable bonds is 8. The van der Waals surface area contributed by atoms with Gasteiger partial charge in [-0.05, 0) is 30.7 Å². The minimum atomic E-state index is -3.42. The molecule has 140 valence electrons. The van der Waals surface area contributed by atoms with Crippen molar-refractivity contribution in [2.45, 2.75) is 12.7 Å². The Morgan fingerprint density at radius 3 is 2.62 bits per heavy atom. The first-order valence-electron chi connectivity index (χ1n) is 7.93. The minimum absolute atomic E-state index is 0.178. The van der Waals surface area contributed by atoms with E-state index in [1.165, 1.54) is 29.3 Å². The number of sulfonamides is 1. The van der Waals surface area contributed by atoms with E-state index in [1.54, 1.807) is 11.8 Å². The van der Waals surface area contributed by atoms with Crippen LogP contribution in [0.2, 0.25) is 5.02 Å². The molecule has 0 aromatic heterocycles. The largest absolute Gasteiger partial charge is 0.351 e. The van der Waals surface area contributed by atoms with Gasteiger partial charge < -0.3 is 5.32 Å². The Kier molecular flexibility index (Phi) is 7.37. The number of aryl methyl sites for hydroxylation is 1. The fourth-order valence-corrected chi connectivity index (χ4v) is 3.94. The normalized spacial score (nSPS) is 11.2. The first kappa shape index (κ1) is 20.6. The molecule has 0 saturated heterocycles. The van der Waals surface area contributed by atoms with E-state index in [0.717, 1.165) is 17.8 Å². The van der Waals surface area contributed by atoms with Gasteiger partial charge in [-0.15, -0.1) is 0 Å². The average Bonchev–Trinajstić information content (AvgIpc) is 2.55. The molecule has 8 heteroatoms. The van der Waals surface area contributed by atoms with E-state index in [9.17, 15) is 13.2 Å². The molecule has 2 N–H and O–H groups in total. The van der Waals surface area contributed by atoms with E-state index in [2.05, 4.69) is 35.2 Å². The topological polar surface area (TPSA) is 75.3 Å². The summed E-state index contributed by atoms with van der Waals surface area (Å²) in [6.45, 7) is 2.60. The molecule has 0 aliphatic rings. The van der Waals surface area contributed by atoms with Crippen molar-refractivity contribution in [2.75, 3.05) is 23.3 Å². The minimum Gasteiger partial charge on any atom is -0.351 e. The van der Waals surface area contributed by atoms with Crippen LogP contribution in [-0.2, 0) is 15.8 Å². The number of carbonyl (C=O) groups is 1.